The summed E-state index contributed by atoms with van der Waals surface area (Å²) in [6.45, 7) is 12.4. The topological polar surface area (TPSA) is 21.3 Å². The summed E-state index contributed by atoms with van der Waals surface area (Å²) in [5.41, 5.74) is 1.50. The van der Waals surface area contributed by atoms with E-state index in [1.165, 1.54) is 10.5 Å². The van der Waals surface area contributed by atoms with Gasteiger partial charge in [0.05, 0.1) is 12.7 Å². The van der Waals surface area contributed by atoms with Crippen LogP contribution in [0.2, 0.25) is 0 Å². The molecule has 19 heavy (non-hydrogen) atoms. The van der Waals surface area contributed by atoms with Crippen molar-refractivity contribution in [3.8, 4) is 0 Å². The minimum Gasteiger partial charge on any atom is -0.378 e. The highest BCUT2D eigenvalue weighted by atomic mass is 32.2. The lowest BCUT2D eigenvalue weighted by atomic mass is 10.1. The van der Waals surface area contributed by atoms with Gasteiger partial charge in [0, 0.05) is 22.7 Å². The van der Waals surface area contributed by atoms with E-state index in [0.717, 1.165) is 18.9 Å². The maximum Gasteiger partial charge on any atom is 0.0563 e. The molecule has 1 aromatic rings. The van der Waals surface area contributed by atoms with Gasteiger partial charge in [0.1, 0.15) is 0 Å². The molecule has 2 nitrogen and oxygen atoms in total. The van der Waals surface area contributed by atoms with E-state index in [1.54, 1.807) is 0 Å². The molecule has 0 radical (unpaired) electrons. The van der Waals surface area contributed by atoms with Crippen molar-refractivity contribution < 1.29 is 4.74 Å². The van der Waals surface area contributed by atoms with Gasteiger partial charge in [0.25, 0.3) is 0 Å². The third-order valence-electron chi connectivity index (χ3n) is 2.52. The first-order valence-corrected chi connectivity index (χ1v) is 7.94. The summed E-state index contributed by atoms with van der Waals surface area (Å²) >= 11 is 1.86. The van der Waals surface area contributed by atoms with Gasteiger partial charge in [-0.2, -0.15) is 0 Å². The minimum absolute atomic E-state index is 0.161. The Kier molecular flexibility index (Phi) is 6.90. The van der Waals surface area contributed by atoms with E-state index in [9.17, 15) is 0 Å². The Labute approximate surface area is 122 Å². The zero-order valence-corrected chi connectivity index (χ0v) is 13.6. The SMILES string of the molecule is CC(C)OCCSc1cccc(CNC(C)(C)C)c1. The van der Waals surface area contributed by atoms with Crippen molar-refractivity contribution in [2.24, 2.45) is 0 Å². The molecule has 0 atom stereocenters. The van der Waals surface area contributed by atoms with Crippen LogP contribution in [0, 0.1) is 0 Å². The summed E-state index contributed by atoms with van der Waals surface area (Å²) in [7, 11) is 0. The molecule has 0 aliphatic heterocycles. The number of hydrogen-bond acceptors (Lipinski definition) is 3. The fourth-order valence-corrected chi connectivity index (χ4v) is 2.38. The number of benzene rings is 1. The fraction of sp³-hybridized carbons (Fsp3) is 0.625. The zero-order chi connectivity index (χ0) is 14.3. The van der Waals surface area contributed by atoms with Crippen molar-refractivity contribution in [1.82, 2.24) is 5.32 Å². The standard InChI is InChI=1S/C16H27NOS/c1-13(2)18-9-10-19-15-8-6-7-14(11-15)12-17-16(3,4)5/h6-8,11,13,17H,9-10,12H2,1-5H3. The summed E-state index contributed by atoms with van der Waals surface area (Å²) < 4.78 is 5.55. The Morgan fingerprint density at radius 1 is 1.26 bits per heavy atom. The second-order valence-electron chi connectivity index (χ2n) is 6.02. The van der Waals surface area contributed by atoms with Crippen LogP contribution in [0.15, 0.2) is 29.2 Å². The lowest BCUT2D eigenvalue weighted by Gasteiger charge is -2.20. The van der Waals surface area contributed by atoms with Crippen LogP contribution in [0.5, 0.6) is 0 Å². The lowest BCUT2D eigenvalue weighted by Crippen LogP contribution is -2.35. The maximum absolute atomic E-state index is 5.55. The van der Waals surface area contributed by atoms with E-state index in [2.05, 4.69) is 64.2 Å². The number of rotatable bonds is 7. The Morgan fingerprint density at radius 3 is 2.63 bits per heavy atom. The van der Waals surface area contributed by atoms with Crippen molar-refractivity contribution in [2.45, 2.75) is 57.7 Å². The van der Waals surface area contributed by atoms with Crippen molar-refractivity contribution in [3.05, 3.63) is 29.8 Å². The Hall–Kier alpha value is -0.510. The molecular formula is C16H27NOS. The highest BCUT2D eigenvalue weighted by Crippen LogP contribution is 2.19. The van der Waals surface area contributed by atoms with E-state index in [-0.39, 0.29) is 5.54 Å². The van der Waals surface area contributed by atoms with Crippen LogP contribution in [-0.2, 0) is 11.3 Å². The van der Waals surface area contributed by atoms with E-state index in [4.69, 9.17) is 4.74 Å². The van der Waals surface area contributed by atoms with Crippen LogP contribution in [0.1, 0.15) is 40.2 Å². The first-order valence-electron chi connectivity index (χ1n) is 6.95. The smallest absolute Gasteiger partial charge is 0.0563 e. The van der Waals surface area contributed by atoms with Gasteiger partial charge >= 0.3 is 0 Å². The molecule has 1 rings (SSSR count). The van der Waals surface area contributed by atoms with Gasteiger partial charge in [0.15, 0.2) is 0 Å². The molecule has 0 aromatic heterocycles. The average molecular weight is 281 g/mol. The van der Waals surface area contributed by atoms with Gasteiger partial charge in [-0.15, -0.1) is 11.8 Å². The summed E-state index contributed by atoms with van der Waals surface area (Å²) in [6.07, 6.45) is 0.322. The van der Waals surface area contributed by atoms with E-state index in [0.29, 0.717) is 6.10 Å². The van der Waals surface area contributed by atoms with Crippen LogP contribution in [0.25, 0.3) is 0 Å². The molecule has 1 aromatic carbocycles. The Bertz CT molecular complexity index is 371. The maximum atomic E-state index is 5.55. The molecule has 0 aliphatic rings. The van der Waals surface area contributed by atoms with Gasteiger partial charge in [-0.05, 0) is 52.3 Å². The zero-order valence-electron chi connectivity index (χ0n) is 12.8. The number of hydrogen-bond donors (Lipinski definition) is 1. The molecule has 0 saturated heterocycles. The molecule has 1 N–H and O–H groups in total. The van der Waals surface area contributed by atoms with E-state index >= 15 is 0 Å². The van der Waals surface area contributed by atoms with Crippen molar-refractivity contribution in [2.75, 3.05) is 12.4 Å². The predicted molar refractivity (Wildman–Crippen MR) is 84.8 cm³/mol. The molecule has 3 heteroatoms. The molecule has 0 unspecified atom stereocenters. The summed E-state index contributed by atoms with van der Waals surface area (Å²) in [5, 5.41) is 3.51. The molecule has 0 saturated carbocycles. The molecule has 0 bridgehead atoms. The van der Waals surface area contributed by atoms with Crippen molar-refractivity contribution in [1.29, 1.82) is 0 Å². The number of thioether (sulfide) groups is 1. The quantitative estimate of drug-likeness (QED) is 0.601. The Balaban J connectivity index is 2.39. The highest BCUT2D eigenvalue weighted by molar-refractivity contribution is 7.99. The van der Waals surface area contributed by atoms with Gasteiger partial charge in [-0.1, -0.05) is 12.1 Å². The second-order valence-corrected chi connectivity index (χ2v) is 7.19. The van der Waals surface area contributed by atoms with Crippen LogP contribution in [-0.4, -0.2) is 24.0 Å². The third-order valence-corrected chi connectivity index (χ3v) is 3.48. The second kappa shape index (κ2) is 7.93. The van der Waals surface area contributed by atoms with E-state index < -0.39 is 0 Å². The van der Waals surface area contributed by atoms with Crippen LogP contribution in [0.3, 0.4) is 0 Å². The average Bonchev–Trinajstić information content (AvgIpc) is 2.32. The number of nitrogens with one attached hydrogen (secondary N) is 1. The fourth-order valence-electron chi connectivity index (χ4n) is 1.56. The first-order chi connectivity index (χ1) is 8.87. The summed E-state index contributed by atoms with van der Waals surface area (Å²) in [5.74, 6) is 1.01. The molecular weight excluding hydrogens is 254 g/mol. The molecule has 0 heterocycles. The molecule has 0 spiro atoms. The normalized spacial score (nSPS) is 12.1. The third kappa shape index (κ3) is 8.30. The predicted octanol–water partition coefficient (Wildman–Crippen LogP) is 4.09. The van der Waals surface area contributed by atoms with Gasteiger partial charge < -0.3 is 10.1 Å². The van der Waals surface area contributed by atoms with Crippen LogP contribution < -0.4 is 5.32 Å². The summed E-state index contributed by atoms with van der Waals surface area (Å²) in [4.78, 5) is 1.32. The lowest BCUT2D eigenvalue weighted by molar-refractivity contribution is 0.0920. The monoisotopic (exact) mass is 281 g/mol. The van der Waals surface area contributed by atoms with Crippen LogP contribution in [0.4, 0.5) is 0 Å². The molecule has 0 amide bonds. The largest absolute Gasteiger partial charge is 0.378 e. The van der Waals surface area contributed by atoms with Gasteiger partial charge in [-0.3, -0.25) is 0 Å². The van der Waals surface area contributed by atoms with Crippen molar-refractivity contribution in [3.63, 3.8) is 0 Å². The Morgan fingerprint density at radius 2 is 2.00 bits per heavy atom. The molecule has 0 fully saturated rings. The molecule has 108 valence electrons. The van der Waals surface area contributed by atoms with Gasteiger partial charge in [-0.25, -0.2) is 0 Å². The highest BCUT2D eigenvalue weighted by Gasteiger charge is 2.08. The molecule has 0 aliphatic carbocycles. The van der Waals surface area contributed by atoms with Gasteiger partial charge in [0.2, 0.25) is 0 Å². The first kappa shape index (κ1) is 16.5. The van der Waals surface area contributed by atoms with E-state index in [1.807, 2.05) is 11.8 Å². The summed E-state index contributed by atoms with van der Waals surface area (Å²) in [6, 6.07) is 8.73. The van der Waals surface area contributed by atoms with Crippen LogP contribution >= 0.6 is 11.8 Å². The van der Waals surface area contributed by atoms with Crippen molar-refractivity contribution >= 4 is 11.8 Å². The number of ether oxygens (including phenoxy) is 1. The minimum atomic E-state index is 0.161.